The Hall–Kier alpha value is -2.82. The number of nitrogens with one attached hydrogen (secondary N) is 1. The van der Waals surface area contributed by atoms with Gasteiger partial charge in [-0.3, -0.25) is 4.79 Å². The van der Waals surface area contributed by atoms with Crippen molar-refractivity contribution in [2.75, 3.05) is 7.11 Å². The van der Waals surface area contributed by atoms with Crippen LogP contribution in [0.5, 0.6) is 5.75 Å². The van der Waals surface area contributed by atoms with Crippen LogP contribution in [0, 0.1) is 5.82 Å². The standard InChI is InChI=1S/C19H15FN2O2S/c1-24-16-5-2-12(3-6-16)13-4-7-17(18(20)8-13)19(23)22-15-9-14(10-15)21-11-25/h2-9,15H,10H2,1H3,(H,22,23). The van der Waals surface area contributed by atoms with Crippen molar-refractivity contribution >= 4 is 23.3 Å². The van der Waals surface area contributed by atoms with Gasteiger partial charge in [0.05, 0.1) is 29.6 Å². The number of hydrogen-bond acceptors (Lipinski definition) is 4. The first-order valence-corrected chi connectivity index (χ1v) is 8.05. The van der Waals surface area contributed by atoms with Gasteiger partial charge >= 0.3 is 0 Å². The molecular formula is C19H15FN2O2S. The Bertz CT molecular complexity index is 887. The number of benzene rings is 2. The summed E-state index contributed by atoms with van der Waals surface area (Å²) in [5.74, 6) is -0.289. The summed E-state index contributed by atoms with van der Waals surface area (Å²) in [4.78, 5) is 16.0. The van der Waals surface area contributed by atoms with Crippen molar-refractivity contribution in [2.24, 2.45) is 4.99 Å². The second-order valence-corrected chi connectivity index (χ2v) is 5.75. The average molecular weight is 354 g/mol. The number of amides is 1. The van der Waals surface area contributed by atoms with E-state index in [2.05, 4.69) is 27.7 Å². The molecular weight excluding hydrogens is 339 g/mol. The van der Waals surface area contributed by atoms with E-state index in [0.717, 1.165) is 17.0 Å². The summed E-state index contributed by atoms with van der Waals surface area (Å²) in [5, 5.41) is 5.02. The lowest BCUT2D eigenvalue weighted by atomic mass is 9.98. The zero-order chi connectivity index (χ0) is 17.8. The maximum atomic E-state index is 14.4. The van der Waals surface area contributed by atoms with Crippen LogP contribution < -0.4 is 10.1 Å². The third-order valence-electron chi connectivity index (χ3n) is 3.97. The smallest absolute Gasteiger partial charge is 0.254 e. The van der Waals surface area contributed by atoms with E-state index in [0.29, 0.717) is 12.0 Å². The molecule has 3 rings (SSSR count). The molecule has 0 saturated heterocycles. The third kappa shape index (κ3) is 3.82. The van der Waals surface area contributed by atoms with Gasteiger partial charge in [0, 0.05) is 6.42 Å². The molecule has 1 atom stereocenters. The van der Waals surface area contributed by atoms with Crippen LogP contribution in [0.3, 0.4) is 0 Å². The molecule has 0 saturated carbocycles. The fraction of sp³-hybridized carbons (Fsp3) is 0.158. The molecule has 0 radical (unpaired) electrons. The Morgan fingerprint density at radius 2 is 1.96 bits per heavy atom. The molecule has 0 aliphatic heterocycles. The number of halogens is 1. The van der Waals surface area contributed by atoms with Gasteiger partial charge < -0.3 is 10.1 Å². The van der Waals surface area contributed by atoms with Gasteiger partial charge in [-0.2, -0.15) is 4.99 Å². The molecule has 2 aromatic rings. The van der Waals surface area contributed by atoms with Gasteiger partial charge in [-0.25, -0.2) is 4.39 Å². The lowest BCUT2D eigenvalue weighted by Gasteiger charge is -2.23. The summed E-state index contributed by atoms with van der Waals surface area (Å²) in [5.41, 5.74) is 2.32. The first-order chi connectivity index (χ1) is 12.1. The number of rotatable bonds is 5. The lowest BCUT2D eigenvalue weighted by Crippen LogP contribution is -2.38. The average Bonchev–Trinajstić information content (AvgIpc) is 2.59. The van der Waals surface area contributed by atoms with Gasteiger partial charge in [-0.05, 0) is 53.7 Å². The molecule has 1 N–H and O–H groups in total. The van der Waals surface area contributed by atoms with Gasteiger partial charge in [0.2, 0.25) is 0 Å². The minimum absolute atomic E-state index is 0.0115. The molecule has 6 heteroatoms. The summed E-state index contributed by atoms with van der Waals surface area (Å²) in [6.45, 7) is 0. The molecule has 4 nitrogen and oxygen atoms in total. The van der Waals surface area contributed by atoms with Crippen LogP contribution in [0.15, 0.2) is 59.2 Å². The molecule has 0 aromatic heterocycles. The van der Waals surface area contributed by atoms with E-state index in [4.69, 9.17) is 4.74 Å². The Balaban J connectivity index is 1.73. The summed E-state index contributed by atoms with van der Waals surface area (Å²) < 4.78 is 19.5. The van der Waals surface area contributed by atoms with Gasteiger partial charge in [-0.15, -0.1) is 0 Å². The molecule has 126 valence electrons. The SMILES string of the molecule is COc1ccc(-c2ccc(C(=O)NC3C=C(N=C=S)C3)c(F)c2)cc1. The summed E-state index contributed by atoms with van der Waals surface area (Å²) in [7, 11) is 1.59. The van der Waals surface area contributed by atoms with E-state index in [1.54, 1.807) is 31.4 Å². The number of methoxy groups -OCH3 is 1. The Morgan fingerprint density at radius 1 is 1.28 bits per heavy atom. The van der Waals surface area contributed by atoms with Crippen LogP contribution in [0.2, 0.25) is 0 Å². The Morgan fingerprint density at radius 3 is 2.56 bits per heavy atom. The first-order valence-electron chi connectivity index (χ1n) is 7.64. The van der Waals surface area contributed by atoms with E-state index in [1.165, 1.54) is 12.1 Å². The zero-order valence-electron chi connectivity index (χ0n) is 13.5. The number of thiocarbonyl (C=S) groups is 1. The van der Waals surface area contributed by atoms with Crippen molar-refractivity contribution < 1.29 is 13.9 Å². The topological polar surface area (TPSA) is 50.7 Å². The number of carbonyl (C=O) groups excluding carboxylic acids is 1. The zero-order valence-corrected chi connectivity index (χ0v) is 14.3. The summed E-state index contributed by atoms with van der Waals surface area (Å²) in [6.07, 6.45) is 2.34. The summed E-state index contributed by atoms with van der Waals surface area (Å²) in [6, 6.07) is 11.7. The van der Waals surface area contributed by atoms with Crippen LogP contribution in [0.25, 0.3) is 11.1 Å². The van der Waals surface area contributed by atoms with Crippen LogP contribution in [-0.2, 0) is 0 Å². The monoisotopic (exact) mass is 354 g/mol. The number of nitrogens with zero attached hydrogens (tertiary/aromatic N) is 1. The predicted octanol–water partition coefficient (Wildman–Crippen LogP) is 3.99. The number of carbonyl (C=O) groups is 1. The number of isothiocyanates is 1. The third-order valence-corrected chi connectivity index (χ3v) is 4.06. The van der Waals surface area contributed by atoms with Crippen LogP contribution in [0.1, 0.15) is 16.8 Å². The van der Waals surface area contributed by atoms with Crippen molar-refractivity contribution in [3.63, 3.8) is 0 Å². The van der Waals surface area contributed by atoms with E-state index in [-0.39, 0.29) is 11.6 Å². The Kier molecular flexibility index (Phi) is 5.03. The molecule has 0 bridgehead atoms. The van der Waals surface area contributed by atoms with E-state index in [1.807, 2.05) is 12.1 Å². The van der Waals surface area contributed by atoms with E-state index < -0.39 is 11.7 Å². The van der Waals surface area contributed by atoms with Crippen molar-refractivity contribution in [2.45, 2.75) is 12.5 Å². The predicted molar refractivity (Wildman–Crippen MR) is 97.4 cm³/mol. The molecule has 25 heavy (non-hydrogen) atoms. The molecule has 1 aliphatic carbocycles. The second kappa shape index (κ2) is 7.38. The Labute approximate surface area is 150 Å². The van der Waals surface area contributed by atoms with Gasteiger partial charge in [-0.1, -0.05) is 18.2 Å². The second-order valence-electron chi connectivity index (χ2n) is 5.57. The minimum Gasteiger partial charge on any atom is -0.497 e. The normalized spacial score (nSPS) is 15.4. The van der Waals surface area contributed by atoms with Crippen LogP contribution in [-0.4, -0.2) is 24.2 Å². The first kappa shape index (κ1) is 17.0. The van der Waals surface area contributed by atoms with Gasteiger partial charge in [0.1, 0.15) is 11.6 Å². The molecule has 1 unspecified atom stereocenters. The number of hydrogen-bond donors (Lipinski definition) is 1. The minimum atomic E-state index is -0.564. The largest absolute Gasteiger partial charge is 0.497 e. The van der Waals surface area contributed by atoms with Crippen molar-refractivity contribution in [1.82, 2.24) is 5.32 Å². The van der Waals surface area contributed by atoms with E-state index >= 15 is 0 Å². The highest BCUT2D eigenvalue weighted by molar-refractivity contribution is 7.78. The van der Waals surface area contributed by atoms with Crippen LogP contribution in [0.4, 0.5) is 4.39 Å². The highest BCUT2D eigenvalue weighted by atomic mass is 32.1. The molecule has 1 amide bonds. The van der Waals surface area contributed by atoms with Crippen molar-refractivity contribution in [1.29, 1.82) is 0 Å². The number of ether oxygens (including phenoxy) is 1. The molecule has 2 aromatic carbocycles. The van der Waals surface area contributed by atoms with E-state index in [9.17, 15) is 9.18 Å². The fourth-order valence-electron chi connectivity index (χ4n) is 2.57. The molecule has 1 aliphatic rings. The maximum absolute atomic E-state index is 14.4. The summed E-state index contributed by atoms with van der Waals surface area (Å²) >= 11 is 4.51. The van der Waals surface area contributed by atoms with Crippen LogP contribution >= 0.6 is 12.2 Å². The molecule has 0 spiro atoms. The molecule has 0 heterocycles. The lowest BCUT2D eigenvalue weighted by molar-refractivity contribution is 0.0937. The number of aliphatic imine (C=N–C) groups is 1. The van der Waals surface area contributed by atoms with Gasteiger partial charge in [0.15, 0.2) is 0 Å². The van der Waals surface area contributed by atoms with Crippen molar-refractivity contribution in [3.05, 3.63) is 65.6 Å². The van der Waals surface area contributed by atoms with Gasteiger partial charge in [0.25, 0.3) is 5.91 Å². The highest BCUT2D eigenvalue weighted by Crippen LogP contribution is 2.25. The fourth-order valence-corrected chi connectivity index (χ4v) is 2.68. The highest BCUT2D eigenvalue weighted by Gasteiger charge is 2.22. The maximum Gasteiger partial charge on any atom is 0.254 e. The molecule has 0 fully saturated rings. The van der Waals surface area contributed by atoms with Crippen molar-refractivity contribution in [3.8, 4) is 16.9 Å². The quantitative estimate of drug-likeness (QED) is 0.652.